The highest BCUT2D eigenvalue weighted by atomic mass is 32.2. The van der Waals surface area contributed by atoms with Crippen LogP contribution in [0.4, 0.5) is 5.69 Å². The molecule has 1 amide bonds. The number of aromatic nitrogens is 1. The third kappa shape index (κ3) is 5.26. The molecule has 1 aromatic heterocycles. The molecule has 3 N–H and O–H groups in total. The van der Waals surface area contributed by atoms with Crippen molar-refractivity contribution in [1.29, 1.82) is 0 Å². The zero-order valence-corrected chi connectivity index (χ0v) is 13.3. The normalized spacial score (nSPS) is 13.3. The largest absolute Gasteiger partial charge is 0.467 e. The lowest BCUT2D eigenvalue weighted by molar-refractivity contribution is -0.146. The number of hydrogen-bond donors (Lipinski definition) is 2. The van der Waals surface area contributed by atoms with Crippen LogP contribution in [0.2, 0.25) is 0 Å². The molecule has 0 aromatic carbocycles. The van der Waals surface area contributed by atoms with E-state index in [9.17, 15) is 9.59 Å². The van der Waals surface area contributed by atoms with E-state index in [1.807, 2.05) is 13.8 Å². The molecule has 1 aromatic rings. The molecule has 116 valence electrons. The number of thioether (sulfide) groups is 1. The molecule has 2 unspecified atom stereocenters. The Labute approximate surface area is 128 Å². The number of nitrogen functional groups attached to an aromatic ring is 1. The average Bonchev–Trinajstić information content (AvgIpc) is 2.50. The molecular formula is C14H21N3O3S. The van der Waals surface area contributed by atoms with E-state index in [0.29, 0.717) is 5.69 Å². The van der Waals surface area contributed by atoms with Crippen molar-refractivity contribution in [2.45, 2.75) is 31.2 Å². The van der Waals surface area contributed by atoms with Crippen LogP contribution in [-0.4, -0.2) is 35.8 Å². The number of carbonyl (C=O) groups is 2. The molecule has 0 aliphatic heterocycles. The summed E-state index contributed by atoms with van der Waals surface area (Å²) < 4.78 is 4.73. The first-order valence-corrected chi connectivity index (χ1v) is 7.67. The highest BCUT2D eigenvalue weighted by Crippen LogP contribution is 2.23. The Bertz CT molecular complexity index is 496. The number of nitrogens with one attached hydrogen (secondary N) is 1. The van der Waals surface area contributed by atoms with Crippen LogP contribution < -0.4 is 11.1 Å². The molecule has 0 aliphatic carbocycles. The summed E-state index contributed by atoms with van der Waals surface area (Å²) in [5.41, 5.74) is 6.29. The van der Waals surface area contributed by atoms with E-state index in [2.05, 4.69) is 10.3 Å². The van der Waals surface area contributed by atoms with Crippen molar-refractivity contribution in [3.63, 3.8) is 0 Å². The number of pyridine rings is 1. The van der Waals surface area contributed by atoms with Gasteiger partial charge in [-0.15, -0.1) is 11.8 Å². The standard InChI is InChI=1S/C14H21N3O3S/c1-4-9(2)13(14(19)20-3)17-12(18)8-21-11-5-6-16-7-10(11)15/h5-7,9,13H,4,8,15H2,1-3H3,(H,17,18). The van der Waals surface area contributed by atoms with Gasteiger partial charge in [0, 0.05) is 11.1 Å². The molecule has 7 heteroatoms. The number of esters is 1. The number of methoxy groups -OCH3 is 1. The van der Waals surface area contributed by atoms with Crippen molar-refractivity contribution in [1.82, 2.24) is 10.3 Å². The van der Waals surface area contributed by atoms with Gasteiger partial charge in [0.15, 0.2) is 0 Å². The van der Waals surface area contributed by atoms with Gasteiger partial charge in [-0.3, -0.25) is 9.78 Å². The average molecular weight is 311 g/mol. The minimum atomic E-state index is -0.622. The van der Waals surface area contributed by atoms with Gasteiger partial charge in [0.1, 0.15) is 6.04 Å². The molecule has 0 aliphatic rings. The van der Waals surface area contributed by atoms with Crippen molar-refractivity contribution in [2.24, 2.45) is 5.92 Å². The summed E-state index contributed by atoms with van der Waals surface area (Å²) in [6.45, 7) is 3.86. The second kappa shape index (κ2) is 8.51. The van der Waals surface area contributed by atoms with E-state index in [1.165, 1.54) is 25.1 Å². The van der Waals surface area contributed by atoms with Gasteiger partial charge in [-0.2, -0.15) is 0 Å². The summed E-state index contributed by atoms with van der Waals surface area (Å²) in [6, 6.07) is 1.13. The Morgan fingerprint density at radius 3 is 2.81 bits per heavy atom. The highest BCUT2D eigenvalue weighted by Gasteiger charge is 2.26. The molecule has 0 spiro atoms. The van der Waals surface area contributed by atoms with E-state index < -0.39 is 12.0 Å². The first-order valence-electron chi connectivity index (χ1n) is 6.69. The van der Waals surface area contributed by atoms with Crippen molar-refractivity contribution < 1.29 is 14.3 Å². The zero-order valence-electron chi connectivity index (χ0n) is 12.5. The van der Waals surface area contributed by atoms with Crippen LogP contribution in [0.5, 0.6) is 0 Å². The van der Waals surface area contributed by atoms with Crippen molar-refractivity contribution in [3.05, 3.63) is 18.5 Å². The molecule has 21 heavy (non-hydrogen) atoms. The monoisotopic (exact) mass is 311 g/mol. The number of ether oxygens (including phenoxy) is 1. The van der Waals surface area contributed by atoms with E-state index in [1.54, 1.807) is 12.3 Å². The van der Waals surface area contributed by atoms with Crippen LogP contribution in [-0.2, 0) is 14.3 Å². The molecule has 6 nitrogen and oxygen atoms in total. The second-order valence-electron chi connectivity index (χ2n) is 4.66. The number of carbonyl (C=O) groups excluding carboxylic acids is 2. The maximum Gasteiger partial charge on any atom is 0.328 e. The topological polar surface area (TPSA) is 94.3 Å². The van der Waals surface area contributed by atoms with E-state index in [-0.39, 0.29) is 17.6 Å². The summed E-state index contributed by atoms with van der Waals surface area (Å²) in [4.78, 5) is 28.4. The minimum absolute atomic E-state index is 0.0115. The minimum Gasteiger partial charge on any atom is -0.467 e. The number of hydrogen-bond acceptors (Lipinski definition) is 6. The molecule has 0 radical (unpaired) electrons. The fraction of sp³-hybridized carbons (Fsp3) is 0.500. The SMILES string of the molecule is CCC(C)C(NC(=O)CSc1ccncc1N)C(=O)OC. The molecular weight excluding hydrogens is 290 g/mol. The van der Waals surface area contributed by atoms with Crippen LogP contribution in [0.1, 0.15) is 20.3 Å². The lowest BCUT2D eigenvalue weighted by atomic mass is 9.99. The van der Waals surface area contributed by atoms with E-state index in [0.717, 1.165) is 11.3 Å². The molecule has 0 fully saturated rings. The van der Waals surface area contributed by atoms with Crippen molar-refractivity contribution in [2.75, 3.05) is 18.6 Å². The maximum absolute atomic E-state index is 12.0. The van der Waals surface area contributed by atoms with Crippen molar-refractivity contribution in [3.8, 4) is 0 Å². The van der Waals surface area contributed by atoms with Gasteiger partial charge >= 0.3 is 5.97 Å². The van der Waals surface area contributed by atoms with Crippen LogP contribution >= 0.6 is 11.8 Å². The van der Waals surface area contributed by atoms with Crippen molar-refractivity contribution >= 4 is 29.3 Å². The maximum atomic E-state index is 12.0. The van der Waals surface area contributed by atoms with Crippen LogP contribution in [0.3, 0.4) is 0 Å². The lowest BCUT2D eigenvalue weighted by Gasteiger charge is -2.21. The number of nitrogens with two attached hydrogens (primary N) is 1. The fourth-order valence-corrected chi connectivity index (χ4v) is 2.43. The Balaban J connectivity index is 2.58. The van der Waals surface area contributed by atoms with Crippen LogP contribution in [0.15, 0.2) is 23.4 Å². The Kier molecular flexibility index (Phi) is 7.01. The smallest absolute Gasteiger partial charge is 0.328 e. The summed E-state index contributed by atoms with van der Waals surface area (Å²) in [7, 11) is 1.32. The van der Waals surface area contributed by atoms with Gasteiger partial charge in [0.2, 0.25) is 5.91 Å². The summed E-state index contributed by atoms with van der Waals surface area (Å²) in [6.07, 6.45) is 3.92. The van der Waals surface area contributed by atoms with Gasteiger partial charge in [-0.1, -0.05) is 20.3 Å². The quantitative estimate of drug-likeness (QED) is 0.585. The van der Waals surface area contributed by atoms with Crippen LogP contribution in [0, 0.1) is 5.92 Å². The van der Waals surface area contributed by atoms with Gasteiger partial charge in [0.05, 0.1) is 24.7 Å². The molecule has 0 bridgehead atoms. The molecule has 1 rings (SSSR count). The molecule has 0 saturated carbocycles. The summed E-state index contributed by atoms with van der Waals surface area (Å²) in [5.74, 6) is -0.464. The number of amides is 1. The molecule has 0 saturated heterocycles. The zero-order chi connectivity index (χ0) is 15.8. The third-order valence-electron chi connectivity index (χ3n) is 3.15. The van der Waals surface area contributed by atoms with Gasteiger partial charge in [0.25, 0.3) is 0 Å². The Morgan fingerprint density at radius 2 is 2.24 bits per heavy atom. The number of rotatable bonds is 7. The Morgan fingerprint density at radius 1 is 1.52 bits per heavy atom. The molecule has 1 heterocycles. The summed E-state index contributed by atoms with van der Waals surface area (Å²) in [5, 5.41) is 2.72. The number of anilines is 1. The second-order valence-corrected chi connectivity index (χ2v) is 5.67. The Hall–Kier alpha value is -1.76. The lowest BCUT2D eigenvalue weighted by Crippen LogP contribution is -2.46. The third-order valence-corrected chi connectivity index (χ3v) is 4.24. The first-order chi connectivity index (χ1) is 9.99. The predicted molar refractivity (Wildman–Crippen MR) is 82.8 cm³/mol. The van der Waals surface area contributed by atoms with Gasteiger partial charge in [-0.05, 0) is 12.0 Å². The van der Waals surface area contributed by atoms with Gasteiger partial charge in [-0.25, -0.2) is 4.79 Å². The predicted octanol–water partition coefficient (Wildman–Crippen LogP) is 1.46. The first kappa shape index (κ1) is 17.3. The summed E-state index contributed by atoms with van der Waals surface area (Å²) >= 11 is 1.31. The number of nitrogens with zero attached hydrogens (tertiary/aromatic N) is 1. The fourth-order valence-electron chi connectivity index (χ4n) is 1.68. The van der Waals surface area contributed by atoms with E-state index >= 15 is 0 Å². The van der Waals surface area contributed by atoms with E-state index in [4.69, 9.17) is 10.5 Å². The molecule has 2 atom stereocenters. The highest BCUT2D eigenvalue weighted by molar-refractivity contribution is 8.00. The van der Waals surface area contributed by atoms with Gasteiger partial charge < -0.3 is 15.8 Å². The van der Waals surface area contributed by atoms with Crippen LogP contribution in [0.25, 0.3) is 0 Å².